The van der Waals surface area contributed by atoms with Gasteiger partial charge in [0.1, 0.15) is 5.82 Å². The molecule has 0 aliphatic carbocycles. The zero-order valence-corrected chi connectivity index (χ0v) is 16.9. The van der Waals surface area contributed by atoms with E-state index in [1.54, 1.807) is 6.20 Å². The van der Waals surface area contributed by atoms with Gasteiger partial charge in [0.15, 0.2) is 5.65 Å². The van der Waals surface area contributed by atoms with Crippen LogP contribution in [0.3, 0.4) is 0 Å². The van der Waals surface area contributed by atoms with Crippen LogP contribution in [-0.4, -0.2) is 31.7 Å². The molecule has 0 unspecified atom stereocenters. The zero-order chi connectivity index (χ0) is 19.8. The Hall–Kier alpha value is -3.21. The van der Waals surface area contributed by atoms with Gasteiger partial charge in [-0.3, -0.25) is 0 Å². The largest absolute Gasteiger partial charge is 0.351 e. The lowest BCUT2D eigenvalue weighted by Gasteiger charge is -2.27. The number of pyridine rings is 1. The molecule has 3 aromatic heterocycles. The lowest BCUT2D eigenvalue weighted by molar-refractivity contribution is 0.681. The first-order valence-corrected chi connectivity index (χ1v) is 10.3. The maximum absolute atomic E-state index is 5.01. The molecule has 1 aliphatic heterocycles. The van der Waals surface area contributed by atoms with E-state index in [1.807, 2.05) is 28.9 Å². The highest BCUT2D eigenvalue weighted by Gasteiger charge is 2.28. The Bertz CT molecular complexity index is 1120. The van der Waals surface area contributed by atoms with Crippen molar-refractivity contribution in [3.63, 3.8) is 0 Å². The van der Waals surface area contributed by atoms with Crippen molar-refractivity contribution in [1.82, 2.24) is 19.6 Å². The van der Waals surface area contributed by atoms with Crippen molar-refractivity contribution in [2.24, 2.45) is 0 Å². The van der Waals surface area contributed by atoms with E-state index in [0.717, 1.165) is 40.4 Å². The second-order valence-corrected chi connectivity index (χ2v) is 7.96. The Kier molecular flexibility index (Phi) is 4.51. The molecule has 0 spiro atoms. The summed E-state index contributed by atoms with van der Waals surface area (Å²) in [6, 6.07) is 19.9. The summed E-state index contributed by atoms with van der Waals surface area (Å²) in [6.45, 7) is 4.59. The SMILES string of the molecule is C[C@H]1CC[C@H](C)N1c1cccc(Cc2cc(-c3ccccc3)nn3ccnc23)n1. The molecule has 4 heterocycles. The van der Waals surface area contributed by atoms with Crippen molar-refractivity contribution in [3.05, 3.63) is 78.2 Å². The summed E-state index contributed by atoms with van der Waals surface area (Å²) in [5, 5.41) is 4.73. The highest BCUT2D eigenvalue weighted by molar-refractivity contribution is 5.63. The molecule has 1 saturated heterocycles. The molecule has 0 bridgehead atoms. The van der Waals surface area contributed by atoms with Crippen LogP contribution in [0.4, 0.5) is 5.82 Å². The molecular formula is C24H25N5. The van der Waals surface area contributed by atoms with E-state index in [2.05, 4.69) is 60.1 Å². The van der Waals surface area contributed by atoms with Crippen molar-refractivity contribution in [1.29, 1.82) is 0 Å². The third-order valence-corrected chi connectivity index (χ3v) is 5.89. The molecule has 2 atom stereocenters. The highest BCUT2D eigenvalue weighted by Crippen LogP contribution is 2.29. The molecular weight excluding hydrogens is 358 g/mol. The summed E-state index contributed by atoms with van der Waals surface area (Å²) in [5.41, 5.74) is 5.13. The average molecular weight is 383 g/mol. The van der Waals surface area contributed by atoms with E-state index < -0.39 is 0 Å². The maximum atomic E-state index is 5.01. The summed E-state index contributed by atoms with van der Waals surface area (Å²) in [4.78, 5) is 12.0. The highest BCUT2D eigenvalue weighted by atomic mass is 15.3. The lowest BCUT2D eigenvalue weighted by Crippen LogP contribution is -2.33. The molecule has 1 aliphatic rings. The average Bonchev–Trinajstić information content (AvgIpc) is 3.35. The summed E-state index contributed by atoms with van der Waals surface area (Å²) < 4.78 is 1.87. The normalized spacial score (nSPS) is 19.2. The second kappa shape index (κ2) is 7.32. The first-order valence-electron chi connectivity index (χ1n) is 10.3. The fourth-order valence-corrected chi connectivity index (χ4v) is 4.41. The minimum atomic E-state index is 0.539. The van der Waals surface area contributed by atoms with Crippen molar-refractivity contribution < 1.29 is 0 Å². The van der Waals surface area contributed by atoms with Crippen LogP contribution in [0.2, 0.25) is 0 Å². The quantitative estimate of drug-likeness (QED) is 0.510. The summed E-state index contributed by atoms with van der Waals surface area (Å²) in [5.74, 6) is 1.08. The fraction of sp³-hybridized carbons (Fsp3) is 0.292. The van der Waals surface area contributed by atoms with Crippen LogP contribution in [0.1, 0.15) is 37.9 Å². The first-order chi connectivity index (χ1) is 14.2. The standard InChI is InChI=1S/C24H25N5/c1-17-11-12-18(2)29(17)23-10-6-9-21(26-23)15-20-16-22(19-7-4-3-5-8-19)27-28-14-13-25-24(20)28/h3-10,13-14,16-18H,11-12,15H2,1-2H3/t17-,18-/m0/s1. The minimum absolute atomic E-state index is 0.539. The van der Waals surface area contributed by atoms with Gasteiger partial charge in [-0.05, 0) is 44.9 Å². The smallest absolute Gasteiger partial charge is 0.157 e. The monoisotopic (exact) mass is 383 g/mol. The van der Waals surface area contributed by atoms with Crippen LogP contribution >= 0.6 is 0 Å². The Morgan fingerprint density at radius 3 is 2.55 bits per heavy atom. The Balaban J connectivity index is 1.52. The number of rotatable bonds is 4. The van der Waals surface area contributed by atoms with Gasteiger partial charge >= 0.3 is 0 Å². The van der Waals surface area contributed by atoms with Gasteiger partial charge in [0.05, 0.1) is 5.69 Å². The van der Waals surface area contributed by atoms with Crippen molar-refractivity contribution in [3.8, 4) is 11.3 Å². The molecule has 146 valence electrons. The number of benzene rings is 1. The van der Waals surface area contributed by atoms with Crippen LogP contribution in [0.5, 0.6) is 0 Å². The third kappa shape index (κ3) is 3.37. The van der Waals surface area contributed by atoms with Gasteiger partial charge in [0.2, 0.25) is 0 Å². The van der Waals surface area contributed by atoms with Gasteiger partial charge in [0.25, 0.3) is 0 Å². The third-order valence-electron chi connectivity index (χ3n) is 5.89. The maximum Gasteiger partial charge on any atom is 0.157 e. The molecule has 29 heavy (non-hydrogen) atoms. The van der Waals surface area contributed by atoms with Crippen LogP contribution in [0.15, 0.2) is 67.0 Å². The van der Waals surface area contributed by atoms with Crippen molar-refractivity contribution in [2.45, 2.75) is 45.2 Å². The lowest BCUT2D eigenvalue weighted by atomic mass is 10.1. The van der Waals surface area contributed by atoms with Crippen LogP contribution in [0.25, 0.3) is 16.9 Å². The van der Waals surface area contributed by atoms with Crippen molar-refractivity contribution >= 4 is 11.5 Å². The molecule has 0 radical (unpaired) electrons. The first kappa shape index (κ1) is 17.9. The van der Waals surface area contributed by atoms with Gasteiger partial charge in [-0.2, -0.15) is 5.10 Å². The van der Waals surface area contributed by atoms with Crippen LogP contribution < -0.4 is 4.90 Å². The van der Waals surface area contributed by atoms with E-state index in [-0.39, 0.29) is 0 Å². The van der Waals surface area contributed by atoms with E-state index in [4.69, 9.17) is 10.1 Å². The Morgan fingerprint density at radius 2 is 1.76 bits per heavy atom. The summed E-state index contributed by atoms with van der Waals surface area (Å²) >= 11 is 0. The Morgan fingerprint density at radius 1 is 0.966 bits per heavy atom. The topological polar surface area (TPSA) is 46.3 Å². The van der Waals surface area contributed by atoms with Crippen LogP contribution in [0, 0.1) is 0 Å². The predicted octanol–water partition coefficient (Wildman–Crippen LogP) is 4.76. The molecule has 5 nitrogen and oxygen atoms in total. The number of imidazole rings is 1. The fourth-order valence-electron chi connectivity index (χ4n) is 4.41. The van der Waals surface area contributed by atoms with E-state index in [1.165, 1.54) is 12.8 Å². The molecule has 0 N–H and O–H groups in total. The molecule has 5 heteroatoms. The van der Waals surface area contributed by atoms with Gasteiger partial charge in [-0.15, -0.1) is 0 Å². The summed E-state index contributed by atoms with van der Waals surface area (Å²) in [7, 11) is 0. The Labute approximate surface area is 171 Å². The molecule has 4 aromatic rings. The number of hydrogen-bond acceptors (Lipinski definition) is 4. The van der Waals surface area contributed by atoms with Gasteiger partial charge in [-0.25, -0.2) is 14.5 Å². The predicted molar refractivity (Wildman–Crippen MR) is 116 cm³/mol. The second-order valence-electron chi connectivity index (χ2n) is 7.96. The van der Waals surface area contributed by atoms with Gasteiger partial charge < -0.3 is 4.90 Å². The number of fused-ring (bicyclic) bond motifs is 1. The minimum Gasteiger partial charge on any atom is -0.351 e. The molecule has 0 amide bonds. The number of nitrogens with zero attached hydrogens (tertiary/aromatic N) is 5. The van der Waals surface area contributed by atoms with E-state index in [9.17, 15) is 0 Å². The van der Waals surface area contributed by atoms with Crippen molar-refractivity contribution in [2.75, 3.05) is 4.90 Å². The van der Waals surface area contributed by atoms with Crippen LogP contribution in [-0.2, 0) is 6.42 Å². The van der Waals surface area contributed by atoms with Gasteiger partial charge in [-0.1, -0.05) is 36.4 Å². The van der Waals surface area contributed by atoms with Gasteiger partial charge in [0, 0.05) is 47.7 Å². The zero-order valence-electron chi connectivity index (χ0n) is 16.9. The molecule has 1 fully saturated rings. The summed E-state index contributed by atoms with van der Waals surface area (Å²) in [6.07, 6.45) is 6.90. The van der Waals surface area contributed by atoms with E-state index >= 15 is 0 Å². The number of hydrogen-bond donors (Lipinski definition) is 0. The number of anilines is 1. The molecule has 0 saturated carbocycles. The molecule has 5 rings (SSSR count). The number of aromatic nitrogens is 4. The van der Waals surface area contributed by atoms with E-state index in [0.29, 0.717) is 12.1 Å². The molecule has 1 aromatic carbocycles.